The highest BCUT2D eigenvalue weighted by Gasteiger charge is 2.38. The summed E-state index contributed by atoms with van der Waals surface area (Å²) in [5.41, 5.74) is 0.0147. The van der Waals surface area contributed by atoms with Crippen molar-refractivity contribution in [3.63, 3.8) is 0 Å². The number of ketones is 2. The second-order valence-corrected chi connectivity index (χ2v) is 3.30. The van der Waals surface area contributed by atoms with E-state index in [0.717, 1.165) is 12.1 Å². The van der Waals surface area contributed by atoms with Gasteiger partial charge in [0.05, 0.1) is 5.56 Å². The summed E-state index contributed by atoms with van der Waals surface area (Å²) >= 11 is 0. The molecule has 1 heterocycles. The number of anilines is 1. The quantitative estimate of drug-likeness (QED) is 0.533. The number of halogens is 1. The summed E-state index contributed by atoms with van der Waals surface area (Å²) in [5, 5.41) is 11.1. The first-order chi connectivity index (χ1) is 7.50. The molecule has 1 unspecified atom stereocenters. The van der Waals surface area contributed by atoms with E-state index in [9.17, 15) is 18.8 Å². The maximum Gasteiger partial charge on any atom is 0.334 e. The second kappa shape index (κ2) is 3.41. The molecule has 82 valence electrons. The number of Topliss-reactive ketones (excluding diaryl/α,β-unsaturated/α-hetero) is 2. The molecule has 0 bridgehead atoms. The zero-order chi connectivity index (χ0) is 11.9. The molecule has 6 heteroatoms. The topological polar surface area (TPSA) is 83.5 Å². The molecule has 0 saturated heterocycles. The van der Waals surface area contributed by atoms with Crippen LogP contribution in [0.1, 0.15) is 10.4 Å². The van der Waals surface area contributed by atoms with Gasteiger partial charge in [-0.3, -0.25) is 9.59 Å². The normalized spacial score (nSPS) is 18.9. The monoisotopic (exact) mass is 223 g/mol. The van der Waals surface area contributed by atoms with E-state index in [1.54, 1.807) is 0 Å². The summed E-state index contributed by atoms with van der Waals surface area (Å²) in [5.74, 6) is -4.17. The Hall–Kier alpha value is -2.24. The Morgan fingerprint density at radius 2 is 2.06 bits per heavy atom. The third-order valence-corrected chi connectivity index (χ3v) is 2.26. The predicted molar refractivity (Wildman–Crippen MR) is 50.8 cm³/mol. The minimum atomic E-state index is -1.59. The van der Waals surface area contributed by atoms with Crippen LogP contribution < -0.4 is 5.32 Å². The zero-order valence-electron chi connectivity index (χ0n) is 7.86. The van der Waals surface area contributed by atoms with E-state index >= 15 is 0 Å². The first-order valence-corrected chi connectivity index (χ1v) is 4.38. The number of carboxylic acids is 1. The number of rotatable bonds is 1. The SMILES string of the molecule is O=C1C(=O)C(C(=O)O)Nc2ccc(F)cc21. The molecule has 0 spiro atoms. The standard InChI is InChI=1S/C10H6FNO4/c11-4-1-2-6-5(3-4)8(13)9(14)7(12-6)10(15)16/h1-3,7,12H,(H,15,16). The lowest BCUT2D eigenvalue weighted by Crippen LogP contribution is -2.45. The van der Waals surface area contributed by atoms with Crippen LogP contribution in [0.5, 0.6) is 0 Å². The first kappa shape index (κ1) is 10.3. The summed E-state index contributed by atoms with van der Waals surface area (Å²) in [6, 6.07) is 1.62. The summed E-state index contributed by atoms with van der Waals surface area (Å²) in [7, 11) is 0. The number of nitrogens with one attached hydrogen (secondary N) is 1. The summed E-state index contributed by atoms with van der Waals surface area (Å²) in [6.45, 7) is 0. The Labute approximate surface area is 88.9 Å². The Bertz CT molecular complexity index is 512. The van der Waals surface area contributed by atoms with Gasteiger partial charge in [-0.1, -0.05) is 0 Å². The van der Waals surface area contributed by atoms with Crippen LogP contribution in [0.4, 0.5) is 10.1 Å². The lowest BCUT2D eigenvalue weighted by Gasteiger charge is -2.21. The van der Waals surface area contributed by atoms with Gasteiger partial charge >= 0.3 is 5.97 Å². The average molecular weight is 223 g/mol. The fourth-order valence-electron chi connectivity index (χ4n) is 1.49. The second-order valence-electron chi connectivity index (χ2n) is 3.30. The third-order valence-electron chi connectivity index (χ3n) is 2.26. The number of hydrogen-bond donors (Lipinski definition) is 2. The minimum absolute atomic E-state index is 0.137. The van der Waals surface area contributed by atoms with Crippen LogP contribution >= 0.6 is 0 Å². The Morgan fingerprint density at radius 3 is 2.69 bits per heavy atom. The smallest absolute Gasteiger partial charge is 0.334 e. The molecule has 1 aromatic rings. The molecule has 5 nitrogen and oxygen atoms in total. The maximum atomic E-state index is 12.8. The largest absolute Gasteiger partial charge is 0.479 e. The van der Waals surface area contributed by atoms with Crippen molar-refractivity contribution in [2.45, 2.75) is 6.04 Å². The molecule has 0 radical (unpaired) electrons. The summed E-state index contributed by atoms with van der Waals surface area (Å²) < 4.78 is 12.8. The molecule has 16 heavy (non-hydrogen) atoms. The highest BCUT2D eigenvalue weighted by Crippen LogP contribution is 2.23. The van der Waals surface area contributed by atoms with Crippen molar-refractivity contribution in [2.75, 3.05) is 5.32 Å². The minimum Gasteiger partial charge on any atom is -0.479 e. The number of carbonyl (C=O) groups is 3. The molecule has 1 aliphatic rings. The number of carboxylic acid groups (broad SMARTS) is 1. The lowest BCUT2D eigenvalue weighted by atomic mass is 9.95. The number of benzene rings is 1. The van der Waals surface area contributed by atoms with E-state index in [1.165, 1.54) is 6.07 Å². The van der Waals surface area contributed by atoms with E-state index in [0.29, 0.717) is 0 Å². The molecular weight excluding hydrogens is 217 g/mol. The third kappa shape index (κ3) is 1.44. The predicted octanol–water partition coefficient (Wildman–Crippen LogP) is 0.456. The molecule has 0 aromatic heterocycles. The fraction of sp³-hybridized carbons (Fsp3) is 0.100. The number of aliphatic carboxylic acids is 1. The van der Waals surface area contributed by atoms with Crippen LogP contribution in [0.2, 0.25) is 0 Å². The average Bonchev–Trinajstić information content (AvgIpc) is 2.23. The van der Waals surface area contributed by atoms with Gasteiger partial charge in [-0.15, -0.1) is 0 Å². The molecule has 0 amide bonds. The zero-order valence-corrected chi connectivity index (χ0v) is 7.86. The highest BCUT2D eigenvalue weighted by atomic mass is 19.1. The Kier molecular flexibility index (Phi) is 2.19. The van der Waals surface area contributed by atoms with Gasteiger partial charge in [-0.05, 0) is 18.2 Å². The van der Waals surface area contributed by atoms with E-state index in [-0.39, 0.29) is 11.3 Å². The fourth-order valence-corrected chi connectivity index (χ4v) is 1.49. The van der Waals surface area contributed by atoms with E-state index in [1.807, 2.05) is 0 Å². The van der Waals surface area contributed by atoms with Crippen molar-refractivity contribution < 1.29 is 23.9 Å². The van der Waals surface area contributed by atoms with Crippen LogP contribution in [0.25, 0.3) is 0 Å². The van der Waals surface area contributed by atoms with Crippen LogP contribution in [0, 0.1) is 5.82 Å². The Balaban J connectivity index is 2.52. The lowest BCUT2D eigenvalue weighted by molar-refractivity contribution is -0.140. The van der Waals surface area contributed by atoms with Crippen molar-refractivity contribution in [3.8, 4) is 0 Å². The van der Waals surface area contributed by atoms with Gasteiger partial charge in [0.15, 0.2) is 6.04 Å². The van der Waals surface area contributed by atoms with Crippen molar-refractivity contribution >= 4 is 23.2 Å². The van der Waals surface area contributed by atoms with Gasteiger partial charge < -0.3 is 10.4 Å². The molecule has 2 N–H and O–H groups in total. The van der Waals surface area contributed by atoms with Gasteiger partial charge in [-0.2, -0.15) is 0 Å². The van der Waals surface area contributed by atoms with Gasteiger partial charge in [0, 0.05) is 5.69 Å². The number of hydrogen-bond acceptors (Lipinski definition) is 4. The van der Waals surface area contributed by atoms with Crippen LogP contribution in [0.15, 0.2) is 18.2 Å². The van der Waals surface area contributed by atoms with E-state index in [4.69, 9.17) is 5.11 Å². The van der Waals surface area contributed by atoms with Gasteiger partial charge in [0.2, 0.25) is 11.6 Å². The Morgan fingerprint density at radius 1 is 1.38 bits per heavy atom. The van der Waals surface area contributed by atoms with E-state index < -0.39 is 29.4 Å². The van der Waals surface area contributed by atoms with Crippen LogP contribution in [0.3, 0.4) is 0 Å². The van der Waals surface area contributed by atoms with Gasteiger partial charge in [0.1, 0.15) is 5.82 Å². The maximum absolute atomic E-state index is 12.8. The van der Waals surface area contributed by atoms with E-state index in [2.05, 4.69) is 5.32 Å². The van der Waals surface area contributed by atoms with Gasteiger partial charge in [0.25, 0.3) is 0 Å². The van der Waals surface area contributed by atoms with Crippen molar-refractivity contribution in [2.24, 2.45) is 0 Å². The molecule has 1 atom stereocenters. The first-order valence-electron chi connectivity index (χ1n) is 4.38. The van der Waals surface area contributed by atoms with Gasteiger partial charge in [-0.25, -0.2) is 9.18 Å². The van der Waals surface area contributed by atoms with Crippen molar-refractivity contribution in [3.05, 3.63) is 29.6 Å². The molecule has 1 aliphatic heterocycles. The number of fused-ring (bicyclic) bond motifs is 1. The van der Waals surface area contributed by atoms with Crippen molar-refractivity contribution in [1.29, 1.82) is 0 Å². The molecule has 0 aliphatic carbocycles. The summed E-state index contributed by atoms with van der Waals surface area (Å²) in [4.78, 5) is 33.5. The molecule has 1 aromatic carbocycles. The summed E-state index contributed by atoms with van der Waals surface area (Å²) in [6.07, 6.45) is 0. The number of carbonyl (C=O) groups excluding carboxylic acids is 2. The molecule has 2 rings (SSSR count). The molecular formula is C10H6FNO4. The van der Waals surface area contributed by atoms with Crippen LogP contribution in [-0.2, 0) is 9.59 Å². The molecule has 0 fully saturated rings. The molecule has 0 saturated carbocycles. The highest BCUT2D eigenvalue weighted by molar-refractivity contribution is 6.51. The van der Waals surface area contributed by atoms with Crippen molar-refractivity contribution in [1.82, 2.24) is 0 Å². The van der Waals surface area contributed by atoms with Crippen LogP contribution in [-0.4, -0.2) is 28.7 Å².